The van der Waals surface area contributed by atoms with Crippen molar-refractivity contribution in [2.75, 3.05) is 20.2 Å². The first kappa shape index (κ1) is 19.9. The van der Waals surface area contributed by atoms with Crippen molar-refractivity contribution in [3.8, 4) is 5.75 Å². The zero-order chi connectivity index (χ0) is 20.4. The summed E-state index contributed by atoms with van der Waals surface area (Å²) in [7, 11) is 1.67. The van der Waals surface area contributed by atoms with Crippen molar-refractivity contribution in [1.29, 1.82) is 0 Å². The second-order valence-electron chi connectivity index (χ2n) is 8.72. The van der Waals surface area contributed by atoms with E-state index in [1.54, 1.807) is 7.11 Å². The van der Waals surface area contributed by atoms with Crippen LogP contribution < -0.4 is 10.1 Å². The van der Waals surface area contributed by atoms with E-state index in [0.29, 0.717) is 6.54 Å². The lowest BCUT2D eigenvalue weighted by Gasteiger charge is -2.31. The standard InChI is InChI=1S/C23H30N2O4/c1-29-19-11-5-4-10-18(19)23(12-6-7-13-23)15-24-20(26)14-25-21(27)16-8-2-3-9-17(16)22(25)28/h4-5,10-11,16-17H,2-3,6-9,12-15H2,1H3,(H,24,26). The van der Waals surface area contributed by atoms with E-state index in [9.17, 15) is 14.4 Å². The van der Waals surface area contributed by atoms with Crippen LogP contribution in [0.5, 0.6) is 5.75 Å². The minimum absolute atomic E-state index is 0.157. The van der Waals surface area contributed by atoms with Gasteiger partial charge in [0.2, 0.25) is 17.7 Å². The van der Waals surface area contributed by atoms with Crippen molar-refractivity contribution in [2.24, 2.45) is 11.8 Å². The van der Waals surface area contributed by atoms with Crippen LogP contribution in [0.4, 0.5) is 0 Å². The molecule has 1 heterocycles. The Hall–Kier alpha value is -2.37. The lowest BCUT2D eigenvalue weighted by molar-refractivity contribution is -0.143. The molecule has 6 nitrogen and oxygen atoms in total. The summed E-state index contributed by atoms with van der Waals surface area (Å²) in [4.78, 5) is 39.1. The van der Waals surface area contributed by atoms with Crippen molar-refractivity contribution in [2.45, 2.75) is 56.8 Å². The zero-order valence-corrected chi connectivity index (χ0v) is 17.1. The van der Waals surface area contributed by atoms with Gasteiger partial charge in [0.1, 0.15) is 12.3 Å². The molecule has 2 aliphatic carbocycles. The van der Waals surface area contributed by atoms with Gasteiger partial charge in [0, 0.05) is 17.5 Å². The van der Waals surface area contributed by atoms with Crippen LogP contribution in [-0.4, -0.2) is 42.8 Å². The van der Waals surface area contributed by atoms with E-state index in [2.05, 4.69) is 11.4 Å². The number of carbonyl (C=O) groups excluding carboxylic acids is 3. The quantitative estimate of drug-likeness (QED) is 0.748. The van der Waals surface area contributed by atoms with E-state index in [4.69, 9.17) is 4.74 Å². The Bertz CT molecular complexity index is 776. The van der Waals surface area contributed by atoms with Gasteiger partial charge in [-0.25, -0.2) is 0 Å². The van der Waals surface area contributed by atoms with Crippen LogP contribution in [0.2, 0.25) is 0 Å². The number of nitrogens with one attached hydrogen (secondary N) is 1. The van der Waals surface area contributed by atoms with Gasteiger partial charge in [-0.1, -0.05) is 43.9 Å². The van der Waals surface area contributed by atoms with Crippen LogP contribution in [0, 0.1) is 11.8 Å². The molecular formula is C23H30N2O4. The van der Waals surface area contributed by atoms with Gasteiger partial charge >= 0.3 is 0 Å². The Balaban J connectivity index is 1.43. The average molecular weight is 399 g/mol. The van der Waals surface area contributed by atoms with Crippen LogP contribution in [0.25, 0.3) is 0 Å². The number of rotatable bonds is 6. The summed E-state index contributed by atoms with van der Waals surface area (Å²) >= 11 is 0. The fourth-order valence-electron chi connectivity index (χ4n) is 5.53. The molecule has 0 bridgehead atoms. The summed E-state index contributed by atoms with van der Waals surface area (Å²) < 4.78 is 5.57. The summed E-state index contributed by atoms with van der Waals surface area (Å²) in [6.45, 7) is 0.335. The summed E-state index contributed by atoms with van der Waals surface area (Å²) in [5.74, 6) is -0.146. The molecule has 4 rings (SSSR count). The molecule has 2 atom stereocenters. The number of hydrogen-bond acceptors (Lipinski definition) is 4. The van der Waals surface area contributed by atoms with Gasteiger partial charge in [-0.3, -0.25) is 19.3 Å². The molecule has 1 aliphatic heterocycles. The fraction of sp³-hybridized carbons (Fsp3) is 0.609. The predicted octanol–water partition coefficient (Wildman–Crippen LogP) is 2.80. The molecule has 6 heteroatoms. The van der Waals surface area contributed by atoms with Crippen LogP contribution >= 0.6 is 0 Å². The van der Waals surface area contributed by atoms with Crippen LogP contribution in [0.3, 0.4) is 0 Å². The molecule has 3 fully saturated rings. The van der Waals surface area contributed by atoms with Gasteiger partial charge in [-0.15, -0.1) is 0 Å². The molecule has 156 valence electrons. The molecule has 1 aromatic rings. The average Bonchev–Trinajstić information content (AvgIpc) is 3.33. The Morgan fingerprint density at radius 1 is 1.07 bits per heavy atom. The second kappa shape index (κ2) is 8.17. The first-order valence-corrected chi connectivity index (χ1v) is 10.8. The maximum atomic E-state index is 12.7. The van der Waals surface area contributed by atoms with Crippen molar-refractivity contribution >= 4 is 17.7 Å². The topological polar surface area (TPSA) is 75.7 Å². The molecule has 1 aromatic carbocycles. The van der Waals surface area contributed by atoms with Crippen LogP contribution in [-0.2, 0) is 19.8 Å². The minimum Gasteiger partial charge on any atom is -0.496 e. The maximum absolute atomic E-state index is 12.7. The molecule has 1 saturated heterocycles. The molecule has 3 aliphatic rings. The van der Waals surface area contributed by atoms with Gasteiger partial charge in [0.25, 0.3) is 0 Å². The van der Waals surface area contributed by atoms with E-state index in [-0.39, 0.29) is 41.5 Å². The molecule has 29 heavy (non-hydrogen) atoms. The number of ether oxygens (including phenoxy) is 1. The third kappa shape index (κ3) is 3.65. The second-order valence-corrected chi connectivity index (χ2v) is 8.72. The Labute approximate surface area is 172 Å². The van der Waals surface area contributed by atoms with E-state index < -0.39 is 0 Å². The molecule has 0 radical (unpaired) electrons. The zero-order valence-electron chi connectivity index (χ0n) is 17.1. The van der Waals surface area contributed by atoms with E-state index >= 15 is 0 Å². The highest BCUT2D eigenvalue weighted by Gasteiger charge is 2.48. The first-order chi connectivity index (χ1) is 14.1. The number of para-hydroxylation sites is 1. The molecule has 3 amide bonds. The van der Waals surface area contributed by atoms with Gasteiger partial charge in [0.15, 0.2) is 0 Å². The lowest BCUT2D eigenvalue weighted by atomic mass is 9.78. The minimum atomic E-state index is -0.258. The number of methoxy groups -OCH3 is 1. The normalized spacial score (nSPS) is 25.8. The summed E-state index contributed by atoms with van der Waals surface area (Å²) in [6.07, 6.45) is 7.71. The number of carbonyl (C=O) groups is 3. The van der Waals surface area contributed by atoms with Crippen molar-refractivity contribution in [3.05, 3.63) is 29.8 Å². The molecular weight excluding hydrogens is 368 g/mol. The number of likely N-dealkylation sites (tertiary alicyclic amines) is 1. The summed E-state index contributed by atoms with van der Waals surface area (Å²) in [6, 6.07) is 7.99. The Morgan fingerprint density at radius 2 is 1.69 bits per heavy atom. The van der Waals surface area contributed by atoms with E-state index in [0.717, 1.165) is 62.7 Å². The number of imide groups is 1. The van der Waals surface area contributed by atoms with E-state index in [1.165, 1.54) is 4.90 Å². The molecule has 0 aromatic heterocycles. The molecule has 1 N–H and O–H groups in total. The maximum Gasteiger partial charge on any atom is 0.240 e. The predicted molar refractivity (Wildman–Crippen MR) is 108 cm³/mol. The third-order valence-corrected chi connectivity index (χ3v) is 7.10. The highest BCUT2D eigenvalue weighted by atomic mass is 16.5. The molecule has 2 unspecified atom stereocenters. The number of hydrogen-bond donors (Lipinski definition) is 1. The SMILES string of the molecule is COc1ccccc1C1(CNC(=O)CN2C(=O)C3CCCCC3C2=O)CCCC1. The van der Waals surface area contributed by atoms with Crippen LogP contribution in [0.1, 0.15) is 56.9 Å². The van der Waals surface area contributed by atoms with Crippen LogP contribution in [0.15, 0.2) is 24.3 Å². The highest BCUT2D eigenvalue weighted by Crippen LogP contribution is 2.44. The van der Waals surface area contributed by atoms with Gasteiger partial charge < -0.3 is 10.1 Å². The number of nitrogens with zero attached hydrogens (tertiary/aromatic N) is 1. The van der Waals surface area contributed by atoms with Gasteiger partial charge in [-0.05, 0) is 31.7 Å². The summed E-state index contributed by atoms with van der Waals surface area (Å²) in [5.41, 5.74) is 0.967. The van der Waals surface area contributed by atoms with Gasteiger partial charge in [0.05, 0.1) is 18.9 Å². The lowest BCUT2D eigenvalue weighted by Crippen LogP contribution is -2.45. The molecule has 0 spiro atoms. The fourth-order valence-corrected chi connectivity index (χ4v) is 5.53. The largest absolute Gasteiger partial charge is 0.496 e. The number of benzene rings is 1. The molecule has 2 saturated carbocycles. The highest BCUT2D eigenvalue weighted by molar-refractivity contribution is 6.07. The smallest absolute Gasteiger partial charge is 0.240 e. The van der Waals surface area contributed by atoms with Crippen molar-refractivity contribution in [1.82, 2.24) is 10.2 Å². The first-order valence-electron chi connectivity index (χ1n) is 10.8. The van der Waals surface area contributed by atoms with Crippen molar-refractivity contribution in [3.63, 3.8) is 0 Å². The summed E-state index contributed by atoms with van der Waals surface area (Å²) in [5, 5.41) is 3.02. The Kier molecular flexibility index (Phi) is 5.61. The van der Waals surface area contributed by atoms with E-state index in [1.807, 2.05) is 18.2 Å². The number of amides is 3. The third-order valence-electron chi connectivity index (χ3n) is 7.10. The van der Waals surface area contributed by atoms with Crippen molar-refractivity contribution < 1.29 is 19.1 Å². The van der Waals surface area contributed by atoms with Gasteiger partial charge in [-0.2, -0.15) is 0 Å². The monoisotopic (exact) mass is 398 g/mol. The number of fused-ring (bicyclic) bond motifs is 1. The Morgan fingerprint density at radius 3 is 2.31 bits per heavy atom.